The van der Waals surface area contributed by atoms with E-state index >= 15 is 0 Å². The van der Waals surface area contributed by atoms with Crippen molar-refractivity contribution in [2.75, 3.05) is 20.3 Å². The smallest absolute Gasteiger partial charge is 0.339 e. The Morgan fingerprint density at radius 2 is 1.95 bits per heavy atom. The number of ether oxygens (including phenoxy) is 3. The monoisotopic (exact) mass is 300 g/mol. The first-order valence-corrected chi connectivity index (χ1v) is 6.73. The van der Waals surface area contributed by atoms with E-state index in [9.17, 15) is 9.90 Å². The van der Waals surface area contributed by atoms with Crippen molar-refractivity contribution in [2.45, 2.75) is 25.9 Å². The molecule has 1 atom stereocenters. The van der Waals surface area contributed by atoms with Gasteiger partial charge < -0.3 is 19.3 Å². The number of esters is 1. The number of fused-ring (bicyclic) bond motifs is 1. The molecule has 0 bridgehead atoms. The molecule has 0 aliphatic carbocycles. The Bertz CT molecular complexity index is 527. The summed E-state index contributed by atoms with van der Waals surface area (Å²) in [4.78, 5) is 11.6. The highest BCUT2D eigenvalue weighted by atomic mass is 35.5. The van der Waals surface area contributed by atoms with Gasteiger partial charge in [-0.25, -0.2) is 4.79 Å². The minimum Gasteiger partial charge on any atom is -0.486 e. The van der Waals surface area contributed by atoms with Crippen LogP contribution < -0.4 is 9.47 Å². The van der Waals surface area contributed by atoms with E-state index in [0.717, 1.165) is 0 Å². The summed E-state index contributed by atoms with van der Waals surface area (Å²) in [6, 6.07) is 1.53. The predicted octanol–water partition coefficient (Wildman–Crippen LogP) is 2.44. The lowest BCUT2D eigenvalue weighted by molar-refractivity contribution is -0.150. The van der Waals surface area contributed by atoms with Gasteiger partial charge in [0.2, 0.25) is 0 Å². The third-order valence-corrected chi connectivity index (χ3v) is 3.41. The van der Waals surface area contributed by atoms with E-state index in [4.69, 9.17) is 21.1 Å². The molecule has 1 heterocycles. The van der Waals surface area contributed by atoms with Gasteiger partial charge in [-0.3, -0.25) is 0 Å². The van der Waals surface area contributed by atoms with Crippen molar-refractivity contribution in [3.05, 3.63) is 22.2 Å². The van der Waals surface area contributed by atoms with Crippen LogP contribution in [0.25, 0.3) is 0 Å². The first kappa shape index (κ1) is 14.9. The highest BCUT2D eigenvalue weighted by Crippen LogP contribution is 2.46. The van der Waals surface area contributed by atoms with E-state index in [-0.39, 0.29) is 5.92 Å². The third-order valence-electron chi connectivity index (χ3n) is 3.13. The lowest BCUT2D eigenvalue weighted by Crippen LogP contribution is -2.21. The van der Waals surface area contributed by atoms with E-state index in [1.165, 1.54) is 13.2 Å². The lowest BCUT2D eigenvalue weighted by atomic mass is 9.92. The highest BCUT2D eigenvalue weighted by molar-refractivity contribution is 6.32. The van der Waals surface area contributed by atoms with Crippen LogP contribution in [0.4, 0.5) is 0 Å². The molecule has 2 rings (SSSR count). The topological polar surface area (TPSA) is 65.0 Å². The molecule has 1 aliphatic heterocycles. The molecule has 0 amide bonds. The average Bonchev–Trinajstić information content (AvgIpc) is 2.45. The SMILES string of the molecule is COC(=O)C(O)c1cc(Cl)c2c(c1C(C)C)OCCO2. The van der Waals surface area contributed by atoms with Crippen LogP contribution >= 0.6 is 11.6 Å². The van der Waals surface area contributed by atoms with Crippen LogP contribution in [-0.2, 0) is 9.53 Å². The Balaban J connectivity index is 2.62. The van der Waals surface area contributed by atoms with Crippen LogP contribution in [0.3, 0.4) is 0 Å². The molecule has 1 aromatic carbocycles. The summed E-state index contributed by atoms with van der Waals surface area (Å²) >= 11 is 6.15. The predicted molar refractivity (Wildman–Crippen MR) is 73.5 cm³/mol. The maximum atomic E-state index is 11.6. The summed E-state index contributed by atoms with van der Waals surface area (Å²) in [5.41, 5.74) is 1.10. The van der Waals surface area contributed by atoms with E-state index in [1.54, 1.807) is 0 Å². The number of methoxy groups -OCH3 is 1. The van der Waals surface area contributed by atoms with Gasteiger partial charge in [0.05, 0.1) is 12.1 Å². The number of rotatable bonds is 3. The molecule has 0 saturated carbocycles. The summed E-state index contributed by atoms with van der Waals surface area (Å²) in [6.07, 6.45) is -1.40. The number of hydrogen-bond acceptors (Lipinski definition) is 5. The molecule has 0 fully saturated rings. The van der Waals surface area contributed by atoms with Crippen LogP contribution in [0.15, 0.2) is 6.07 Å². The lowest BCUT2D eigenvalue weighted by Gasteiger charge is -2.26. The number of aliphatic hydroxyl groups is 1. The maximum Gasteiger partial charge on any atom is 0.339 e. The van der Waals surface area contributed by atoms with E-state index in [0.29, 0.717) is 40.9 Å². The Kier molecular flexibility index (Phi) is 4.40. The van der Waals surface area contributed by atoms with Gasteiger partial charge in [0.25, 0.3) is 0 Å². The summed E-state index contributed by atoms with van der Waals surface area (Å²) in [6.45, 7) is 4.70. The van der Waals surface area contributed by atoms with Crippen molar-refractivity contribution in [1.82, 2.24) is 0 Å². The summed E-state index contributed by atoms with van der Waals surface area (Å²) in [5, 5.41) is 10.4. The van der Waals surface area contributed by atoms with Crippen molar-refractivity contribution < 1.29 is 24.1 Å². The number of carbonyl (C=O) groups is 1. The molecule has 0 radical (unpaired) electrons. The first-order chi connectivity index (χ1) is 9.47. The number of halogens is 1. The van der Waals surface area contributed by atoms with E-state index < -0.39 is 12.1 Å². The molecule has 20 heavy (non-hydrogen) atoms. The molecule has 1 aromatic rings. The van der Waals surface area contributed by atoms with Gasteiger partial charge in [0, 0.05) is 11.1 Å². The van der Waals surface area contributed by atoms with E-state index in [1.807, 2.05) is 13.8 Å². The zero-order valence-corrected chi connectivity index (χ0v) is 12.4. The molecule has 1 N–H and O–H groups in total. The van der Waals surface area contributed by atoms with Crippen molar-refractivity contribution >= 4 is 17.6 Å². The summed E-state index contributed by atoms with van der Waals surface area (Å²) < 4.78 is 15.7. The second kappa shape index (κ2) is 5.89. The molecule has 1 unspecified atom stereocenters. The van der Waals surface area contributed by atoms with Gasteiger partial charge in [-0.05, 0) is 12.0 Å². The van der Waals surface area contributed by atoms with Gasteiger partial charge in [0.15, 0.2) is 17.6 Å². The minimum absolute atomic E-state index is 0.0250. The normalized spacial score (nSPS) is 15.1. The number of benzene rings is 1. The quantitative estimate of drug-likeness (QED) is 0.869. The minimum atomic E-state index is -1.40. The molecule has 6 heteroatoms. The first-order valence-electron chi connectivity index (χ1n) is 6.35. The van der Waals surface area contributed by atoms with Crippen molar-refractivity contribution in [2.24, 2.45) is 0 Å². The molecule has 0 spiro atoms. The second-order valence-corrected chi connectivity index (χ2v) is 5.20. The average molecular weight is 301 g/mol. The van der Waals surface area contributed by atoms with Gasteiger partial charge in [-0.15, -0.1) is 0 Å². The van der Waals surface area contributed by atoms with Crippen LogP contribution in [0.1, 0.15) is 37.0 Å². The van der Waals surface area contributed by atoms with Gasteiger partial charge >= 0.3 is 5.97 Å². The van der Waals surface area contributed by atoms with E-state index in [2.05, 4.69) is 4.74 Å². The zero-order valence-electron chi connectivity index (χ0n) is 11.6. The molecule has 110 valence electrons. The van der Waals surface area contributed by atoms with Crippen LogP contribution in [0.5, 0.6) is 11.5 Å². The maximum absolute atomic E-state index is 11.6. The number of hydrogen-bond donors (Lipinski definition) is 1. The molecular formula is C14H17ClO5. The molecule has 0 aromatic heterocycles. The fraction of sp³-hybridized carbons (Fsp3) is 0.500. The van der Waals surface area contributed by atoms with Gasteiger partial charge in [0.1, 0.15) is 13.2 Å². The van der Waals surface area contributed by atoms with Gasteiger partial charge in [-0.2, -0.15) is 0 Å². The molecule has 0 saturated heterocycles. The largest absolute Gasteiger partial charge is 0.486 e. The second-order valence-electron chi connectivity index (χ2n) is 4.80. The Morgan fingerprint density at radius 3 is 2.50 bits per heavy atom. The van der Waals surface area contributed by atoms with Crippen molar-refractivity contribution in [1.29, 1.82) is 0 Å². The van der Waals surface area contributed by atoms with Gasteiger partial charge in [-0.1, -0.05) is 25.4 Å². The molecule has 5 nitrogen and oxygen atoms in total. The molecular weight excluding hydrogens is 284 g/mol. The summed E-state index contributed by atoms with van der Waals surface area (Å²) in [5.74, 6) is 0.246. The summed E-state index contributed by atoms with van der Waals surface area (Å²) in [7, 11) is 1.22. The highest BCUT2D eigenvalue weighted by Gasteiger charge is 2.30. The van der Waals surface area contributed by atoms with Crippen LogP contribution in [0.2, 0.25) is 5.02 Å². The Morgan fingerprint density at radius 1 is 1.35 bits per heavy atom. The fourth-order valence-electron chi connectivity index (χ4n) is 2.27. The zero-order chi connectivity index (χ0) is 14.9. The number of aliphatic hydroxyl groups excluding tert-OH is 1. The Labute approximate surface area is 122 Å². The third kappa shape index (κ3) is 2.55. The van der Waals surface area contributed by atoms with Crippen molar-refractivity contribution in [3.8, 4) is 11.5 Å². The van der Waals surface area contributed by atoms with Crippen LogP contribution in [-0.4, -0.2) is 31.4 Å². The van der Waals surface area contributed by atoms with Crippen LogP contribution in [0, 0.1) is 0 Å². The molecule has 1 aliphatic rings. The standard InChI is InChI=1S/C14H17ClO5/c1-7(2)10-8(11(16)14(17)18-3)6-9(15)12-13(10)20-5-4-19-12/h6-7,11,16H,4-5H2,1-3H3. The fourth-order valence-corrected chi connectivity index (χ4v) is 2.53. The van der Waals surface area contributed by atoms with Crippen molar-refractivity contribution in [3.63, 3.8) is 0 Å². The Hall–Kier alpha value is -1.46. The number of carbonyl (C=O) groups excluding carboxylic acids is 1.